The number of amides is 1. The average Bonchev–Trinajstić information content (AvgIpc) is 2.54. The normalized spacial score (nSPS) is 17.3. The molecule has 5 heteroatoms. The molecule has 2 rings (SSSR count). The number of carbonyl (C=O) groups excluding carboxylic acids is 1. The third-order valence-electron chi connectivity index (χ3n) is 4.79. The highest BCUT2D eigenvalue weighted by molar-refractivity contribution is 5.81. The molecule has 0 bridgehead atoms. The van der Waals surface area contributed by atoms with Gasteiger partial charge in [0, 0.05) is 19.6 Å². The van der Waals surface area contributed by atoms with Crippen molar-refractivity contribution in [3.05, 3.63) is 23.8 Å². The van der Waals surface area contributed by atoms with Crippen LogP contribution in [0.3, 0.4) is 0 Å². The molecule has 0 spiro atoms. The molecule has 1 saturated heterocycles. The van der Waals surface area contributed by atoms with Crippen molar-refractivity contribution in [1.29, 1.82) is 0 Å². The van der Waals surface area contributed by atoms with Crippen molar-refractivity contribution in [2.24, 2.45) is 5.92 Å². The maximum atomic E-state index is 12.6. The second-order valence-electron chi connectivity index (χ2n) is 6.61. The van der Waals surface area contributed by atoms with E-state index in [2.05, 4.69) is 6.92 Å². The van der Waals surface area contributed by atoms with Gasteiger partial charge in [-0.2, -0.15) is 0 Å². The number of nitrogens with zero attached hydrogens (tertiary/aromatic N) is 2. The number of methoxy groups -OCH3 is 1. The molecule has 23 heavy (non-hydrogen) atoms. The van der Waals surface area contributed by atoms with Gasteiger partial charge in [-0.3, -0.25) is 9.69 Å². The Morgan fingerprint density at radius 3 is 2.65 bits per heavy atom. The minimum absolute atomic E-state index is 0.127. The Hall–Kier alpha value is -1.75. The maximum absolute atomic E-state index is 12.6. The first kappa shape index (κ1) is 17.6. The molecule has 0 aliphatic carbocycles. The first-order valence-corrected chi connectivity index (χ1v) is 8.27. The van der Waals surface area contributed by atoms with Crippen molar-refractivity contribution in [1.82, 2.24) is 9.80 Å². The van der Waals surface area contributed by atoms with E-state index in [9.17, 15) is 9.90 Å². The highest BCUT2D eigenvalue weighted by Crippen LogP contribution is 2.27. The van der Waals surface area contributed by atoms with E-state index in [0.717, 1.165) is 37.4 Å². The molecule has 5 nitrogen and oxygen atoms in total. The molecule has 0 radical (unpaired) electrons. The summed E-state index contributed by atoms with van der Waals surface area (Å²) in [6.45, 7) is 6.52. The number of phenolic OH excluding ortho intramolecular Hbond substituents is 1. The topological polar surface area (TPSA) is 53.0 Å². The van der Waals surface area contributed by atoms with Crippen LogP contribution >= 0.6 is 0 Å². The van der Waals surface area contributed by atoms with Gasteiger partial charge in [-0.05, 0) is 50.4 Å². The van der Waals surface area contributed by atoms with E-state index in [1.807, 2.05) is 29.8 Å². The van der Waals surface area contributed by atoms with Crippen LogP contribution in [-0.4, -0.2) is 54.1 Å². The highest BCUT2D eigenvalue weighted by Gasteiger charge is 2.26. The Bertz CT molecular complexity index is 539. The van der Waals surface area contributed by atoms with Gasteiger partial charge in [-0.1, -0.05) is 13.0 Å². The molecule has 1 aromatic rings. The lowest BCUT2D eigenvalue weighted by molar-refractivity contribution is -0.137. The lowest BCUT2D eigenvalue weighted by Gasteiger charge is -2.34. The Labute approximate surface area is 138 Å². The van der Waals surface area contributed by atoms with Crippen LogP contribution in [-0.2, 0) is 11.3 Å². The average molecular weight is 320 g/mol. The van der Waals surface area contributed by atoms with E-state index in [0.29, 0.717) is 12.3 Å². The fraction of sp³-hybridized carbons (Fsp3) is 0.611. The van der Waals surface area contributed by atoms with Crippen LogP contribution < -0.4 is 4.74 Å². The molecule has 0 aromatic heterocycles. The van der Waals surface area contributed by atoms with Crippen molar-refractivity contribution in [3.8, 4) is 11.5 Å². The number of hydrogen-bond acceptors (Lipinski definition) is 4. The SMILES string of the molecule is COc1ccc(CN(C)C(C)C(=O)N2CCC(C)CC2)cc1O. The number of likely N-dealkylation sites (tertiary alicyclic amines) is 1. The van der Waals surface area contributed by atoms with Crippen LogP contribution in [0.5, 0.6) is 11.5 Å². The van der Waals surface area contributed by atoms with Gasteiger partial charge in [-0.25, -0.2) is 0 Å². The van der Waals surface area contributed by atoms with E-state index >= 15 is 0 Å². The first-order valence-electron chi connectivity index (χ1n) is 8.27. The minimum atomic E-state index is -0.173. The Kier molecular flexibility index (Phi) is 5.88. The van der Waals surface area contributed by atoms with Crippen LogP contribution in [0.2, 0.25) is 0 Å². The number of benzene rings is 1. The predicted octanol–water partition coefficient (Wildman–Crippen LogP) is 2.48. The number of carbonyl (C=O) groups is 1. The van der Waals surface area contributed by atoms with Crippen molar-refractivity contribution in [3.63, 3.8) is 0 Å². The molecular formula is C18H28N2O3. The Morgan fingerprint density at radius 1 is 1.43 bits per heavy atom. The summed E-state index contributed by atoms with van der Waals surface area (Å²) in [5.41, 5.74) is 0.956. The fourth-order valence-electron chi connectivity index (χ4n) is 2.94. The molecule has 1 aliphatic heterocycles. The highest BCUT2D eigenvalue weighted by atomic mass is 16.5. The van der Waals surface area contributed by atoms with Gasteiger partial charge in [0.2, 0.25) is 5.91 Å². The monoisotopic (exact) mass is 320 g/mol. The minimum Gasteiger partial charge on any atom is -0.504 e. The molecule has 0 saturated carbocycles. The van der Waals surface area contributed by atoms with Crippen LogP contribution in [0.4, 0.5) is 0 Å². The zero-order chi connectivity index (χ0) is 17.0. The number of hydrogen-bond donors (Lipinski definition) is 1. The van der Waals surface area contributed by atoms with E-state index in [1.54, 1.807) is 12.1 Å². The summed E-state index contributed by atoms with van der Waals surface area (Å²) in [6, 6.07) is 5.17. The third kappa shape index (κ3) is 4.38. The van der Waals surface area contributed by atoms with Crippen molar-refractivity contribution in [2.45, 2.75) is 39.3 Å². The summed E-state index contributed by atoms with van der Waals surface area (Å²) in [4.78, 5) is 16.6. The van der Waals surface area contributed by atoms with Gasteiger partial charge in [0.15, 0.2) is 11.5 Å². The van der Waals surface area contributed by atoms with Crippen LogP contribution in [0.15, 0.2) is 18.2 Å². The summed E-state index contributed by atoms with van der Waals surface area (Å²) in [7, 11) is 3.47. The van der Waals surface area contributed by atoms with Crippen molar-refractivity contribution >= 4 is 5.91 Å². The maximum Gasteiger partial charge on any atom is 0.239 e. The molecule has 1 fully saturated rings. The first-order chi connectivity index (χ1) is 10.9. The van der Waals surface area contributed by atoms with Gasteiger partial charge < -0.3 is 14.7 Å². The summed E-state index contributed by atoms with van der Waals surface area (Å²) in [5.74, 6) is 1.50. The van der Waals surface area contributed by atoms with Crippen molar-refractivity contribution in [2.75, 3.05) is 27.2 Å². The number of ether oxygens (including phenoxy) is 1. The summed E-state index contributed by atoms with van der Waals surface area (Å²) in [5, 5.41) is 9.86. The standard InChI is InChI=1S/C18H28N2O3/c1-13-7-9-20(10-8-13)18(22)14(2)19(3)12-15-5-6-17(23-4)16(21)11-15/h5-6,11,13-14,21H,7-10,12H2,1-4H3. The molecule has 1 aliphatic rings. The molecule has 128 valence electrons. The molecule has 1 N–H and O–H groups in total. The smallest absolute Gasteiger partial charge is 0.239 e. The third-order valence-corrected chi connectivity index (χ3v) is 4.79. The number of rotatable bonds is 5. The molecule has 1 aromatic carbocycles. The second-order valence-corrected chi connectivity index (χ2v) is 6.61. The van der Waals surface area contributed by atoms with E-state index in [-0.39, 0.29) is 17.7 Å². The molecular weight excluding hydrogens is 292 g/mol. The van der Waals surface area contributed by atoms with Gasteiger partial charge in [-0.15, -0.1) is 0 Å². The largest absolute Gasteiger partial charge is 0.504 e. The van der Waals surface area contributed by atoms with Gasteiger partial charge >= 0.3 is 0 Å². The Morgan fingerprint density at radius 2 is 2.09 bits per heavy atom. The predicted molar refractivity (Wildman–Crippen MR) is 90.6 cm³/mol. The lowest BCUT2D eigenvalue weighted by atomic mass is 9.98. The quantitative estimate of drug-likeness (QED) is 0.905. The number of phenols is 1. The van der Waals surface area contributed by atoms with E-state index < -0.39 is 0 Å². The number of piperidine rings is 1. The fourth-order valence-corrected chi connectivity index (χ4v) is 2.94. The molecule has 1 amide bonds. The Balaban J connectivity index is 1.95. The summed E-state index contributed by atoms with van der Waals surface area (Å²) >= 11 is 0. The second kappa shape index (κ2) is 7.68. The van der Waals surface area contributed by atoms with Crippen LogP contribution in [0.25, 0.3) is 0 Å². The molecule has 1 unspecified atom stereocenters. The number of aromatic hydroxyl groups is 1. The lowest BCUT2D eigenvalue weighted by Crippen LogP contribution is -2.48. The number of likely N-dealkylation sites (N-methyl/N-ethyl adjacent to an activating group) is 1. The zero-order valence-corrected chi connectivity index (χ0v) is 14.6. The molecule has 1 atom stereocenters. The van der Waals surface area contributed by atoms with Gasteiger partial charge in [0.05, 0.1) is 13.2 Å². The van der Waals surface area contributed by atoms with Crippen LogP contribution in [0, 0.1) is 5.92 Å². The summed E-state index contributed by atoms with van der Waals surface area (Å²) < 4.78 is 5.05. The van der Waals surface area contributed by atoms with Gasteiger partial charge in [0.1, 0.15) is 0 Å². The zero-order valence-electron chi connectivity index (χ0n) is 14.6. The van der Waals surface area contributed by atoms with E-state index in [1.165, 1.54) is 7.11 Å². The van der Waals surface area contributed by atoms with Crippen molar-refractivity contribution < 1.29 is 14.6 Å². The summed E-state index contributed by atoms with van der Waals surface area (Å²) in [6.07, 6.45) is 2.18. The van der Waals surface area contributed by atoms with Gasteiger partial charge in [0.25, 0.3) is 0 Å². The molecule has 1 heterocycles. The van der Waals surface area contributed by atoms with Crippen LogP contribution in [0.1, 0.15) is 32.3 Å². The van der Waals surface area contributed by atoms with E-state index in [4.69, 9.17) is 4.74 Å².